The molecule has 4 nitrogen and oxygen atoms in total. The van der Waals surface area contributed by atoms with Crippen molar-refractivity contribution in [2.45, 2.75) is 26.0 Å². The standard InChI is InChI=1S/C15H24N2O2/c1-3-6-15(18)17-11-9-16(10-12-17)13-7-4-5-8-14(13)19-2/h4-5,7-8,15,18H,3,6,9-12H2,1-2H3. The Morgan fingerprint density at radius 2 is 1.89 bits per heavy atom. The van der Waals surface area contributed by atoms with Gasteiger partial charge in [-0.25, -0.2) is 0 Å². The molecule has 1 N–H and O–H groups in total. The number of hydrogen-bond acceptors (Lipinski definition) is 4. The first-order chi connectivity index (χ1) is 9.26. The second-order valence-corrected chi connectivity index (χ2v) is 4.96. The summed E-state index contributed by atoms with van der Waals surface area (Å²) in [5, 5.41) is 10.0. The summed E-state index contributed by atoms with van der Waals surface area (Å²) in [6.07, 6.45) is 1.59. The van der Waals surface area contributed by atoms with Crippen molar-refractivity contribution in [3.63, 3.8) is 0 Å². The van der Waals surface area contributed by atoms with Crippen LogP contribution in [0.5, 0.6) is 5.75 Å². The van der Waals surface area contributed by atoms with Crippen molar-refractivity contribution in [2.75, 3.05) is 38.2 Å². The molecule has 1 heterocycles. The third-order valence-electron chi connectivity index (χ3n) is 3.71. The Morgan fingerprint density at radius 1 is 1.21 bits per heavy atom. The highest BCUT2D eigenvalue weighted by Gasteiger charge is 2.23. The fourth-order valence-electron chi connectivity index (χ4n) is 2.59. The van der Waals surface area contributed by atoms with Crippen molar-refractivity contribution in [3.8, 4) is 5.75 Å². The molecule has 1 aromatic carbocycles. The number of methoxy groups -OCH3 is 1. The van der Waals surface area contributed by atoms with E-state index in [1.807, 2.05) is 18.2 Å². The summed E-state index contributed by atoms with van der Waals surface area (Å²) in [5.41, 5.74) is 1.15. The van der Waals surface area contributed by atoms with Crippen LogP contribution in [-0.4, -0.2) is 49.5 Å². The van der Waals surface area contributed by atoms with E-state index in [0.717, 1.165) is 50.5 Å². The van der Waals surface area contributed by atoms with Crippen molar-refractivity contribution in [3.05, 3.63) is 24.3 Å². The first-order valence-corrected chi connectivity index (χ1v) is 7.06. The highest BCUT2D eigenvalue weighted by atomic mass is 16.5. The Morgan fingerprint density at radius 3 is 2.53 bits per heavy atom. The summed E-state index contributed by atoms with van der Waals surface area (Å²) in [5.74, 6) is 0.921. The van der Waals surface area contributed by atoms with Gasteiger partial charge in [0.1, 0.15) is 12.0 Å². The Bertz CT molecular complexity index is 389. The van der Waals surface area contributed by atoms with E-state index in [9.17, 15) is 5.11 Å². The fraction of sp³-hybridized carbons (Fsp3) is 0.600. The minimum atomic E-state index is -0.287. The molecule has 1 saturated heterocycles. The van der Waals surface area contributed by atoms with E-state index in [-0.39, 0.29) is 6.23 Å². The number of rotatable bonds is 5. The lowest BCUT2D eigenvalue weighted by Crippen LogP contribution is -2.50. The zero-order valence-electron chi connectivity index (χ0n) is 11.9. The molecule has 0 amide bonds. The second-order valence-electron chi connectivity index (χ2n) is 4.96. The molecule has 0 bridgehead atoms. The van der Waals surface area contributed by atoms with Crippen LogP contribution in [0.1, 0.15) is 19.8 Å². The van der Waals surface area contributed by atoms with E-state index in [1.165, 1.54) is 0 Å². The topological polar surface area (TPSA) is 35.9 Å². The minimum absolute atomic E-state index is 0.287. The van der Waals surface area contributed by atoms with Gasteiger partial charge in [-0.3, -0.25) is 4.90 Å². The maximum absolute atomic E-state index is 10.0. The van der Waals surface area contributed by atoms with Crippen LogP contribution in [0.4, 0.5) is 5.69 Å². The van der Waals surface area contributed by atoms with Gasteiger partial charge in [-0.05, 0) is 18.6 Å². The van der Waals surface area contributed by atoms with Gasteiger partial charge in [0.25, 0.3) is 0 Å². The molecule has 19 heavy (non-hydrogen) atoms. The number of anilines is 1. The highest BCUT2D eigenvalue weighted by Crippen LogP contribution is 2.28. The van der Waals surface area contributed by atoms with Crippen LogP contribution in [-0.2, 0) is 0 Å². The normalized spacial score (nSPS) is 18.4. The minimum Gasteiger partial charge on any atom is -0.495 e. The summed E-state index contributed by atoms with van der Waals surface area (Å²) in [7, 11) is 1.71. The number of benzene rings is 1. The first kappa shape index (κ1) is 14.2. The molecular formula is C15H24N2O2. The third kappa shape index (κ3) is 3.39. The summed E-state index contributed by atoms with van der Waals surface area (Å²) in [6, 6.07) is 8.12. The quantitative estimate of drug-likeness (QED) is 0.881. The number of hydrogen-bond donors (Lipinski definition) is 1. The van der Waals surface area contributed by atoms with Gasteiger partial charge in [-0.15, -0.1) is 0 Å². The Labute approximate surface area is 115 Å². The van der Waals surface area contributed by atoms with Gasteiger partial charge in [0.15, 0.2) is 0 Å². The van der Waals surface area contributed by atoms with Gasteiger partial charge in [0.05, 0.1) is 12.8 Å². The molecule has 2 rings (SSSR count). The van der Waals surface area contributed by atoms with E-state index < -0.39 is 0 Å². The first-order valence-electron chi connectivity index (χ1n) is 7.06. The number of nitrogens with zero attached hydrogens (tertiary/aromatic N) is 2. The largest absolute Gasteiger partial charge is 0.495 e. The lowest BCUT2D eigenvalue weighted by Gasteiger charge is -2.38. The van der Waals surface area contributed by atoms with Gasteiger partial charge < -0.3 is 14.7 Å². The molecule has 1 aromatic rings. The summed E-state index contributed by atoms with van der Waals surface area (Å²) in [6.45, 7) is 5.77. The van der Waals surface area contributed by atoms with E-state index in [1.54, 1.807) is 7.11 Å². The highest BCUT2D eigenvalue weighted by molar-refractivity contribution is 5.58. The van der Waals surface area contributed by atoms with Crippen molar-refractivity contribution in [1.29, 1.82) is 0 Å². The van der Waals surface area contributed by atoms with Crippen molar-refractivity contribution < 1.29 is 9.84 Å². The monoisotopic (exact) mass is 264 g/mol. The van der Waals surface area contributed by atoms with Gasteiger partial charge >= 0.3 is 0 Å². The molecule has 0 radical (unpaired) electrons. The molecule has 4 heteroatoms. The van der Waals surface area contributed by atoms with E-state index >= 15 is 0 Å². The molecule has 0 saturated carbocycles. The average Bonchev–Trinajstić information content (AvgIpc) is 2.47. The lowest BCUT2D eigenvalue weighted by atomic mass is 10.2. The maximum atomic E-state index is 10.0. The summed E-state index contributed by atoms with van der Waals surface area (Å²) in [4.78, 5) is 4.49. The SMILES string of the molecule is CCCC(O)N1CCN(c2ccccc2OC)CC1. The van der Waals surface area contributed by atoms with Crippen molar-refractivity contribution >= 4 is 5.69 Å². The van der Waals surface area contributed by atoms with E-state index in [0.29, 0.717) is 0 Å². The van der Waals surface area contributed by atoms with E-state index in [2.05, 4.69) is 22.8 Å². The third-order valence-corrected chi connectivity index (χ3v) is 3.71. The van der Waals surface area contributed by atoms with Crippen molar-refractivity contribution in [1.82, 2.24) is 4.90 Å². The molecular weight excluding hydrogens is 240 g/mol. The second kappa shape index (κ2) is 6.78. The zero-order chi connectivity index (χ0) is 13.7. The molecule has 1 atom stereocenters. The lowest BCUT2D eigenvalue weighted by molar-refractivity contribution is -0.00589. The summed E-state index contributed by atoms with van der Waals surface area (Å²) >= 11 is 0. The van der Waals surface area contributed by atoms with Crippen LogP contribution < -0.4 is 9.64 Å². The summed E-state index contributed by atoms with van der Waals surface area (Å²) < 4.78 is 5.41. The van der Waals surface area contributed by atoms with Crippen LogP contribution >= 0.6 is 0 Å². The Hall–Kier alpha value is -1.26. The number of aliphatic hydroxyl groups is 1. The fourth-order valence-corrected chi connectivity index (χ4v) is 2.59. The molecule has 1 fully saturated rings. The van der Waals surface area contributed by atoms with Gasteiger partial charge in [-0.2, -0.15) is 0 Å². The van der Waals surface area contributed by atoms with Crippen LogP contribution in [0.25, 0.3) is 0 Å². The van der Waals surface area contributed by atoms with Crippen LogP contribution in [0.3, 0.4) is 0 Å². The molecule has 1 aliphatic heterocycles. The number of aliphatic hydroxyl groups excluding tert-OH is 1. The molecule has 1 aliphatic rings. The molecule has 0 spiro atoms. The predicted octanol–water partition coefficient (Wildman–Crippen LogP) is 1.94. The van der Waals surface area contributed by atoms with Crippen LogP contribution in [0.15, 0.2) is 24.3 Å². The van der Waals surface area contributed by atoms with Crippen LogP contribution in [0, 0.1) is 0 Å². The number of piperazine rings is 1. The molecule has 0 aliphatic carbocycles. The Balaban J connectivity index is 1.96. The Kier molecular flexibility index (Phi) is 5.05. The van der Waals surface area contributed by atoms with E-state index in [4.69, 9.17) is 4.74 Å². The maximum Gasteiger partial charge on any atom is 0.142 e. The van der Waals surface area contributed by atoms with Gasteiger partial charge in [0, 0.05) is 26.2 Å². The van der Waals surface area contributed by atoms with Crippen molar-refractivity contribution in [2.24, 2.45) is 0 Å². The van der Waals surface area contributed by atoms with Gasteiger partial charge in [-0.1, -0.05) is 25.5 Å². The molecule has 106 valence electrons. The average molecular weight is 264 g/mol. The molecule has 1 unspecified atom stereocenters. The van der Waals surface area contributed by atoms with Gasteiger partial charge in [0.2, 0.25) is 0 Å². The smallest absolute Gasteiger partial charge is 0.142 e. The predicted molar refractivity (Wildman–Crippen MR) is 77.7 cm³/mol. The van der Waals surface area contributed by atoms with Crippen LogP contribution in [0.2, 0.25) is 0 Å². The number of para-hydroxylation sites is 2. The molecule has 0 aromatic heterocycles. The zero-order valence-corrected chi connectivity index (χ0v) is 11.9. The number of ether oxygens (including phenoxy) is 1.